The highest BCUT2D eigenvalue weighted by atomic mass is 32.2. The van der Waals surface area contributed by atoms with Gasteiger partial charge >= 0.3 is 5.97 Å². The van der Waals surface area contributed by atoms with E-state index in [9.17, 15) is 9.90 Å². The summed E-state index contributed by atoms with van der Waals surface area (Å²) in [7, 11) is 0. The molecule has 0 fully saturated rings. The molecule has 2 nitrogen and oxygen atoms in total. The first-order valence-corrected chi connectivity index (χ1v) is 8.19. The molecule has 0 aliphatic heterocycles. The molecule has 0 aliphatic carbocycles. The minimum atomic E-state index is -0.699. The average molecular weight is 294 g/mol. The summed E-state index contributed by atoms with van der Waals surface area (Å²) in [6.07, 6.45) is 0.722. The van der Waals surface area contributed by atoms with Gasteiger partial charge in [0.25, 0.3) is 0 Å². The van der Waals surface area contributed by atoms with Crippen molar-refractivity contribution in [3.63, 3.8) is 0 Å². The van der Waals surface area contributed by atoms with E-state index in [0.717, 1.165) is 12.2 Å². The van der Waals surface area contributed by atoms with E-state index in [0.29, 0.717) is 5.92 Å². The Morgan fingerprint density at radius 3 is 2.15 bits per heavy atom. The summed E-state index contributed by atoms with van der Waals surface area (Å²) in [5.74, 6) is 0.468. The molecule has 0 saturated carbocycles. The van der Waals surface area contributed by atoms with Crippen molar-refractivity contribution >= 4 is 17.7 Å². The third-order valence-electron chi connectivity index (χ3n) is 3.23. The van der Waals surface area contributed by atoms with E-state index < -0.39 is 5.97 Å². The topological polar surface area (TPSA) is 37.3 Å². The standard InChI is InChI=1S/C17H26O2S/c1-12(2)10-15(16(18)19)20-11-13-6-8-14(9-7-13)17(3,4)5/h6-9,12,15H,10-11H2,1-5H3,(H,18,19)/t15-/m1/s1. The molecule has 0 aliphatic rings. The number of hydrogen-bond donors (Lipinski definition) is 1. The Morgan fingerprint density at radius 1 is 1.20 bits per heavy atom. The summed E-state index contributed by atoms with van der Waals surface area (Å²) >= 11 is 1.52. The Kier molecular flexibility index (Phi) is 6.12. The Bertz CT molecular complexity index is 429. The maximum Gasteiger partial charge on any atom is 0.316 e. The molecule has 0 saturated heterocycles. The minimum absolute atomic E-state index is 0.160. The molecule has 1 N–H and O–H groups in total. The van der Waals surface area contributed by atoms with Gasteiger partial charge in [-0.2, -0.15) is 0 Å². The maximum atomic E-state index is 11.2. The second-order valence-corrected chi connectivity index (χ2v) is 7.91. The number of benzene rings is 1. The van der Waals surface area contributed by atoms with Crippen molar-refractivity contribution in [2.45, 2.75) is 57.5 Å². The summed E-state index contributed by atoms with van der Waals surface area (Å²) in [4.78, 5) is 11.2. The number of aliphatic carboxylic acids is 1. The first kappa shape index (κ1) is 17.1. The lowest BCUT2D eigenvalue weighted by atomic mass is 9.87. The fourth-order valence-electron chi connectivity index (χ4n) is 1.97. The number of rotatable bonds is 6. The molecule has 0 amide bonds. The highest BCUT2D eigenvalue weighted by molar-refractivity contribution is 7.99. The van der Waals surface area contributed by atoms with E-state index in [1.54, 1.807) is 0 Å². The number of carboxylic acids is 1. The van der Waals surface area contributed by atoms with E-state index in [-0.39, 0.29) is 10.7 Å². The van der Waals surface area contributed by atoms with Crippen molar-refractivity contribution in [1.82, 2.24) is 0 Å². The van der Waals surface area contributed by atoms with Crippen LogP contribution in [0.4, 0.5) is 0 Å². The van der Waals surface area contributed by atoms with Gasteiger partial charge in [0.1, 0.15) is 5.25 Å². The Labute approximate surface area is 127 Å². The lowest BCUT2D eigenvalue weighted by Crippen LogP contribution is -2.18. The predicted octanol–water partition coefficient (Wildman–Crippen LogP) is 4.72. The van der Waals surface area contributed by atoms with Crippen LogP contribution < -0.4 is 0 Å². The molecule has 0 unspecified atom stereocenters. The first-order chi connectivity index (χ1) is 9.20. The van der Waals surface area contributed by atoms with Crippen molar-refractivity contribution in [3.8, 4) is 0 Å². The Balaban J connectivity index is 2.62. The van der Waals surface area contributed by atoms with E-state index in [1.807, 2.05) is 0 Å². The lowest BCUT2D eigenvalue weighted by molar-refractivity contribution is -0.136. The zero-order valence-electron chi connectivity index (χ0n) is 13.1. The zero-order valence-corrected chi connectivity index (χ0v) is 14.0. The van der Waals surface area contributed by atoms with E-state index in [1.165, 1.54) is 22.9 Å². The molecule has 0 spiro atoms. The molecule has 0 radical (unpaired) electrons. The number of carboxylic acid groups (broad SMARTS) is 1. The monoisotopic (exact) mass is 294 g/mol. The third-order valence-corrected chi connectivity index (χ3v) is 4.53. The van der Waals surface area contributed by atoms with E-state index in [2.05, 4.69) is 58.9 Å². The van der Waals surface area contributed by atoms with Gasteiger partial charge in [0, 0.05) is 5.75 Å². The molecule has 0 heterocycles. The molecular formula is C17H26O2S. The lowest BCUT2D eigenvalue weighted by Gasteiger charge is -2.19. The summed E-state index contributed by atoms with van der Waals surface area (Å²) in [5, 5.41) is 8.92. The molecule has 0 bridgehead atoms. The minimum Gasteiger partial charge on any atom is -0.480 e. The van der Waals surface area contributed by atoms with Gasteiger partial charge in [0.2, 0.25) is 0 Å². The van der Waals surface area contributed by atoms with Crippen molar-refractivity contribution in [3.05, 3.63) is 35.4 Å². The highest BCUT2D eigenvalue weighted by Gasteiger charge is 2.19. The van der Waals surface area contributed by atoms with E-state index >= 15 is 0 Å². The second-order valence-electron chi connectivity index (χ2n) is 6.71. The van der Waals surface area contributed by atoms with Crippen LogP contribution in [0, 0.1) is 5.92 Å². The zero-order chi connectivity index (χ0) is 15.3. The van der Waals surface area contributed by atoms with Gasteiger partial charge in [-0.3, -0.25) is 4.79 Å². The van der Waals surface area contributed by atoms with Gasteiger partial charge in [-0.1, -0.05) is 58.9 Å². The van der Waals surface area contributed by atoms with Crippen LogP contribution in [-0.2, 0) is 16.0 Å². The smallest absolute Gasteiger partial charge is 0.316 e. The summed E-state index contributed by atoms with van der Waals surface area (Å²) in [6.45, 7) is 10.7. The second kappa shape index (κ2) is 7.16. The van der Waals surface area contributed by atoms with Crippen molar-refractivity contribution < 1.29 is 9.90 Å². The van der Waals surface area contributed by atoms with Crippen LogP contribution in [-0.4, -0.2) is 16.3 Å². The van der Waals surface area contributed by atoms with Gasteiger partial charge in [-0.15, -0.1) is 11.8 Å². The molecule has 1 aromatic carbocycles. The maximum absolute atomic E-state index is 11.2. The van der Waals surface area contributed by atoms with Gasteiger partial charge in [0.05, 0.1) is 0 Å². The predicted molar refractivity (Wildman–Crippen MR) is 87.3 cm³/mol. The molecule has 1 rings (SSSR count). The molecule has 0 aromatic heterocycles. The SMILES string of the molecule is CC(C)C[C@@H](SCc1ccc(C(C)(C)C)cc1)C(=O)O. The quantitative estimate of drug-likeness (QED) is 0.825. The van der Waals surface area contributed by atoms with Crippen molar-refractivity contribution in [2.75, 3.05) is 0 Å². The number of thioether (sulfide) groups is 1. The van der Waals surface area contributed by atoms with Crippen LogP contribution >= 0.6 is 11.8 Å². The fourth-order valence-corrected chi connectivity index (χ4v) is 3.22. The average Bonchev–Trinajstić information content (AvgIpc) is 2.33. The molecule has 20 heavy (non-hydrogen) atoms. The number of hydrogen-bond acceptors (Lipinski definition) is 2. The Hall–Kier alpha value is -0.960. The first-order valence-electron chi connectivity index (χ1n) is 7.14. The van der Waals surface area contributed by atoms with Gasteiger partial charge in [-0.25, -0.2) is 0 Å². The Morgan fingerprint density at radius 2 is 1.75 bits per heavy atom. The van der Waals surface area contributed by atoms with Crippen LogP contribution in [0.25, 0.3) is 0 Å². The molecule has 1 atom stereocenters. The van der Waals surface area contributed by atoms with Gasteiger partial charge in [-0.05, 0) is 28.9 Å². The van der Waals surface area contributed by atoms with Crippen molar-refractivity contribution in [1.29, 1.82) is 0 Å². The van der Waals surface area contributed by atoms with Gasteiger partial charge in [0.15, 0.2) is 0 Å². The van der Waals surface area contributed by atoms with Crippen LogP contribution in [0.5, 0.6) is 0 Å². The van der Waals surface area contributed by atoms with E-state index in [4.69, 9.17) is 0 Å². The summed E-state index contributed by atoms with van der Waals surface area (Å²) in [5.41, 5.74) is 2.66. The molecular weight excluding hydrogens is 268 g/mol. The van der Waals surface area contributed by atoms with Crippen molar-refractivity contribution in [2.24, 2.45) is 5.92 Å². The van der Waals surface area contributed by atoms with Gasteiger partial charge < -0.3 is 5.11 Å². The highest BCUT2D eigenvalue weighted by Crippen LogP contribution is 2.26. The summed E-state index contributed by atoms with van der Waals surface area (Å²) < 4.78 is 0. The normalized spacial score (nSPS) is 13.5. The fraction of sp³-hybridized carbons (Fsp3) is 0.588. The molecule has 1 aromatic rings. The van der Waals surface area contributed by atoms with Crippen LogP contribution in [0.2, 0.25) is 0 Å². The largest absolute Gasteiger partial charge is 0.480 e. The third kappa shape index (κ3) is 5.58. The van der Waals surface area contributed by atoms with Crippen LogP contribution in [0.1, 0.15) is 52.2 Å². The molecule has 112 valence electrons. The summed E-state index contributed by atoms with van der Waals surface area (Å²) in [6, 6.07) is 8.52. The van der Waals surface area contributed by atoms with Crippen LogP contribution in [0.15, 0.2) is 24.3 Å². The molecule has 3 heteroatoms. The van der Waals surface area contributed by atoms with Crippen LogP contribution in [0.3, 0.4) is 0 Å². The number of carbonyl (C=O) groups is 1.